The SMILES string of the molecule is Cc1noc2ncnc(N3CCC(C(=O)Nc4cc(F)ccc4F)CC3)c12. The third-order valence-corrected chi connectivity index (χ3v) is 4.77. The topological polar surface area (TPSA) is 84.2 Å². The first-order valence-electron chi connectivity index (χ1n) is 8.61. The molecule has 9 heteroatoms. The molecule has 2 aromatic heterocycles. The highest BCUT2D eigenvalue weighted by Crippen LogP contribution is 2.30. The number of aromatic nitrogens is 3. The van der Waals surface area contributed by atoms with Crippen molar-refractivity contribution >= 4 is 28.5 Å². The number of benzene rings is 1. The van der Waals surface area contributed by atoms with Gasteiger partial charge in [0.25, 0.3) is 5.71 Å². The number of hydrogen-bond acceptors (Lipinski definition) is 6. The number of nitrogens with zero attached hydrogens (tertiary/aromatic N) is 4. The quantitative estimate of drug-likeness (QED) is 0.760. The van der Waals surface area contributed by atoms with E-state index in [1.54, 1.807) is 0 Å². The molecule has 1 fully saturated rings. The van der Waals surface area contributed by atoms with Crippen LogP contribution in [-0.2, 0) is 4.79 Å². The summed E-state index contributed by atoms with van der Waals surface area (Å²) in [6, 6.07) is 2.99. The number of nitrogens with one attached hydrogen (secondary N) is 1. The van der Waals surface area contributed by atoms with Crippen LogP contribution in [0.4, 0.5) is 20.3 Å². The van der Waals surface area contributed by atoms with Crippen molar-refractivity contribution in [2.24, 2.45) is 5.92 Å². The zero-order valence-electron chi connectivity index (χ0n) is 14.6. The summed E-state index contributed by atoms with van der Waals surface area (Å²) in [5.74, 6) is -1.13. The Labute approximate surface area is 153 Å². The molecular formula is C18H17F2N5O2. The maximum Gasteiger partial charge on any atom is 0.263 e. The predicted molar refractivity (Wildman–Crippen MR) is 94.3 cm³/mol. The van der Waals surface area contributed by atoms with Crippen molar-refractivity contribution in [3.05, 3.63) is 41.9 Å². The lowest BCUT2D eigenvalue weighted by molar-refractivity contribution is -0.120. The molecule has 1 aliphatic heterocycles. The maximum atomic E-state index is 13.7. The van der Waals surface area contributed by atoms with Crippen LogP contribution in [0.15, 0.2) is 29.0 Å². The first-order chi connectivity index (χ1) is 13.0. The molecule has 1 N–H and O–H groups in total. The van der Waals surface area contributed by atoms with Crippen molar-refractivity contribution in [2.45, 2.75) is 19.8 Å². The number of amides is 1. The molecule has 3 heterocycles. The van der Waals surface area contributed by atoms with E-state index in [0.717, 1.165) is 29.4 Å². The Bertz CT molecular complexity index is 999. The minimum absolute atomic E-state index is 0.139. The summed E-state index contributed by atoms with van der Waals surface area (Å²) in [6.07, 6.45) is 2.56. The highest BCUT2D eigenvalue weighted by molar-refractivity contribution is 5.93. The van der Waals surface area contributed by atoms with E-state index < -0.39 is 11.6 Å². The lowest BCUT2D eigenvalue weighted by Crippen LogP contribution is -2.38. The second kappa shape index (κ2) is 6.90. The zero-order chi connectivity index (χ0) is 19.0. The Morgan fingerprint density at radius 1 is 1.26 bits per heavy atom. The number of aryl methyl sites for hydroxylation is 1. The Morgan fingerprint density at radius 3 is 2.81 bits per heavy atom. The van der Waals surface area contributed by atoms with Gasteiger partial charge in [-0.1, -0.05) is 5.16 Å². The van der Waals surface area contributed by atoms with Crippen LogP contribution >= 0.6 is 0 Å². The molecule has 0 radical (unpaired) electrons. The van der Waals surface area contributed by atoms with E-state index in [1.807, 2.05) is 6.92 Å². The Balaban J connectivity index is 1.45. The van der Waals surface area contributed by atoms with Crippen molar-refractivity contribution < 1.29 is 18.1 Å². The summed E-state index contributed by atoms with van der Waals surface area (Å²) in [6.45, 7) is 3.02. The molecule has 0 bridgehead atoms. The number of fused-ring (bicyclic) bond motifs is 1. The van der Waals surface area contributed by atoms with Gasteiger partial charge in [-0.25, -0.2) is 13.8 Å². The lowest BCUT2D eigenvalue weighted by atomic mass is 9.95. The summed E-state index contributed by atoms with van der Waals surface area (Å²) < 4.78 is 32.1. The minimum Gasteiger partial charge on any atom is -0.356 e. The molecule has 1 aromatic carbocycles. The largest absolute Gasteiger partial charge is 0.356 e. The maximum absolute atomic E-state index is 13.7. The van der Waals surface area contributed by atoms with Gasteiger partial charge in [-0.2, -0.15) is 4.98 Å². The van der Waals surface area contributed by atoms with Crippen molar-refractivity contribution in [1.29, 1.82) is 0 Å². The van der Waals surface area contributed by atoms with Gasteiger partial charge in [-0.15, -0.1) is 0 Å². The normalized spacial score (nSPS) is 15.3. The summed E-state index contributed by atoms with van der Waals surface area (Å²) in [5, 5.41) is 7.18. The van der Waals surface area contributed by atoms with Crippen molar-refractivity contribution in [3.8, 4) is 0 Å². The molecule has 7 nitrogen and oxygen atoms in total. The average Bonchev–Trinajstić information content (AvgIpc) is 3.06. The van der Waals surface area contributed by atoms with Crippen molar-refractivity contribution in [1.82, 2.24) is 15.1 Å². The summed E-state index contributed by atoms with van der Waals surface area (Å²) in [7, 11) is 0. The Kier molecular flexibility index (Phi) is 4.43. The van der Waals surface area contributed by atoms with Crippen molar-refractivity contribution in [3.63, 3.8) is 0 Å². The number of piperidine rings is 1. The number of hydrogen-bond donors (Lipinski definition) is 1. The van der Waals surface area contributed by atoms with Gasteiger partial charge in [0, 0.05) is 25.1 Å². The molecule has 1 saturated heterocycles. The van der Waals surface area contributed by atoms with Crippen LogP contribution in [0.25, 0.3) is 11.1 Å². The number of anilines is 2. The van der Waals surface area contributed by atoms with Gasteiger partial charge in [0.1, 0.15) is 29.2 Å². The van der Waals surface area contributed by atoms with Gasteiger partial charge in [-0.05, 0) is 31.9 Å². The Morgan fingerprint density at radius 2 is 2.04 bits per heavy atom. The summed E-state index contributed by atoms with van der Waals surface area (Å²) >= 11 is 0. The molecule has 0 aliphatic carbocycles. The van der Waals surface area contributed by atoms with Crippen molar-refractivity contribution in [2.75, 3.05) is 23.3 Å². The van der Waals surface area contributed by atoms with E-state index in [9.17, 15) is 13.6 Å². The van der Waals surface area contributed by atoms with E-state index in [-0.39, 0.29) is 17.5 Å². The molecule has 4 rings (SSSR count). The number of halogens is 2. The Hall–Kier alpha value is -3.10. The van der Waals surface area contributed by atoms with Crippen LogP contribution in [0.3, 0.4) is 0 Å². The molecular weight excluding hydrogens is 356 g/mol. The van der Waals surface area contributed by atoms with E-state index in [0.29, 0.717) is 37.3 Å². The molecule has 3 aromatic rings. The first kappa shape index (κ1) is 17.3. The van der Waals surface area contributed by atoms with Gasteiger partial charge < -0.3 is 14.7 Å². The molecule has 0 spiro atoms. The van der Waals surface area contributed by atoms with Crippen LogP contribution in [-0.4, -0.2) is 34.1 Å². The monoisotopic (exact) mass is 373 g/mol. The number of rotatable bonds is 3. The van der Waals surface area contributed by atoms with Gasteiger partial charge in [0.2, 0.25) is 5.91 Å². The molecule has 0 unspecified atom stereocenters. The van der Waals surface area contributed by atoms with Gasteiger partial charge in [0.15, 0.2) is 0 Å². The van der Waals surface area contributed by atoms with Gasteiger partial charge in [-0.3, -0.25) is 4.79 Å². The second-order valence-corrected chi connectivity index (χ2v) is 6.52. The smallest absolute Gasteiger partial charge is 0.263 e. The van der Waals surface area contributed by atoms with Crippen LogP contribution < -0.4 is 10.2 Å². The number of carbonyl (C=O) groups excluding carboxylic acids is 1. The molecule has 1 aliphatic rings. The molecule has 1 amide bonds. The minimum atomic E-state index is -0.659. The van der Waals surface area contributed by atoms with Crippen LogP contribution in [0.5, 0.6) is 0 Å². The predicted octanol–water partition coefficient (Wildman–Crippen LogP) is 3.06. The molecule has 0 atom stereocenters. The fourth-order valence-corrected chi connectivity index (χ4v) is 3.33. The lowest BCUT2D eigenvalue weighted by Gasteiger charge is -2.32. The van der Waals surface area contributed by atoms with Gasteiger partial charge in [0.05, 0.1) is 11.4 Å². The molecule has 140 valence electrons. The van der Waals surface area contributed by atoms with E-state index in [1.165, 1.54) is 6.33 Å². The van der Waals surface area contributed by atoms with Crippen LogP contribution in [0, 0.1) is 24.5 Å². The molecule has 27 heavy (non-hydrogen) atoms. The van der Waals surface area contributed by atoms with Gasteiger partial charge >= 0.3 is 0 Å². The average molecular weight is 373 g/mol. The standard InChI is InChI=1S/C18H17F2N5O2/c1-10-15-16(21-9-22-18(15)27-24-10)25-6-4-11(5-7-25)17(26)23-14-8-12(19)2-3-13(14)20/h2-3,8-9,11H,4-7H2,1H3,(H,23,26). The highest BCUT2D eigenvalue weighted by Gasteiger charge is 2.28. The van der Waals surface area contributed by atoms with E-state index >= 15 is 0 Å². The van der Waals surface area contributed by atoms with Crippen LogP contribution in [0.2, 0.25) is 0 Å². The number of carbonyl (C=O) groups is 1. The zero-order valence-corrected chi connectivity index (χ0v) is 14.6. The van der Waals surface area contributed by atoms with E-state index in [4.69, 9.17) is 4.52 Å². The van der Waals surface area contributed by atoms with E-state index in [2.05, 4.69) is 25.3 Å². The second-order valence-electron chi connectivity index (χ2n) is 6.52. The van der Waals surface area contributed by atoms with Crippen LogP contribution in [0.1, 0.15) is 18.5 Å². The summed E-state index contributed by atoms with van der Waals surface area (Å²) in [4.78, 5) is 22.9. The highest BCUT2D eigenvalue weighted by atomic mass is 19.1. The third kappa shape index (κ3) is 3.32. The fourth-order valence-electron chi connectivity index (χ4n) is 3.33. The molecule has 0 saturated carbocycles. The fraction of sp³-hybridized carbons (Fsp3) is 0.333. The third-order valence-electron chi connectivity index (χ3n) is 4.77. The summed E-state index contributed by atoms with van der Waals surface area (Å²) in [5.41, 5.74) is 1.00. The first-order valence-corrected chi connectivity index (χ1v) is 8.61.